The van der Waals surface area contributed by atoms with Gasteiger partial charge >= 0.3 is 0 Å². The Hall–Kier alpha value is -5.96. The molecule has 1 aliphatic carbocycles. The topological polar surface area (TPSA) is 4.93 Å². The van der Waals surface area contributed by atoms with Crippen molar-refractivity contribution in [2.24, 2.45) is 0 Å². The first-order valence-corrected chi connectivity index (χ1v) is 17.3. The van der Waals surface area contributed by atoms with Crippen molar-refractivity contribution in [1.82, 2.24) is 4.57 Å². The number of rotatable bonds is 3. The molecule has 0 amide bonds. The molecule has 0 saturated carbocycles. The van der Waals surface area contributed by atoms with E-state index in [1.807, 2.05) is 11.3 Å². The zero-order valence-corrected chi connectivity index (χ0v) is 26.8. The lowest BCUT2D eigenvalue weighted by molar-refractivity contribution is 1.18. The molecular formula is C46H27NS. The van der Waals surface area contributed by atoms with Gasteiger partial charge in [0, 0.05) is 36.6 Å². The third-order valence-corrected chi connectivity index (χ3v) is 11.5. The fraction of sp³-hybridized carbons (Fsp3) is 0. The maximum Gasteiger partial charge on any atom is 0.0541 e. The third kappa shape index (κ3) is 3.66. The van der Waals surface area contributed by atoms with Gasteiger partial charge in [-0.15, -0.1) is 11.3 Å². The van der Waals surface area contributed by atoms with Crippen LogP contribution in [0.25, 0.3) is 103 Å². The average Bonchev–Trinajstić information content (AvgIpc) is 3.80. The number of nitrogens with zero attached hydrogens (tertiary/aromatic N) is 1. The van der Waals surface area contributed by atoms with E-state index in [9.17, 15) is 0 Å². The highest BCUT2D eigenvalue weighted by Gasteiger charge is 2.22. The molecule has 0 saturated heterocycles. The molecule has 0 radical (unpaired) electrons. The summed E-state index contributed by atoms with van der Waals surface area (Å²) in [6.07, 6.45) is 0. The summed E-state index contributed by atoms with van der Waals surface area (Å²) >= 11 is 1.87. The first-order valence-electron chi connectivity index (χ1n) is 16.5. The third-order valence-electron chi connectivity index (χ3n) is 10.3. The molecule has 8 aromatic carbocycles. The van der Waals surface area contributed by atoms with Crippen LogP contribution in [0.5, 0.6) is 0 Å². The predicted molar refractivity (Wildman–Crippen MR) is 206 cm³/mol. The highest BCUT2D eigenvalue weighted by atomic mass is 32.1. The summed E-state index contributed by atoms with van der Waals surface area (Å²) in [6.45, 7) is 0. The van der Waals surface area contributed by atoms with Gasteiger partial charge in [-0.1, -0.05) is 103 Å². The van der Waals surface area contributed by atoms with Gasteiger partial charge in [-0.3, -0.25) is 0 Å². The SMILES string of the molecule is c1ccc2c(c1)-c1cccc3cc(-c4ccc(-n5c6ccccc6c6cc(-c7ccc8sc9ccccc9c8c7)ccc65)cc4)cc-2c13. The Morgan fingerprint density at radius 2 is 1.00 bits per heavy atom. The number of para-hydroxylation sites is 1. The molecule has 0 atom stereocenters. The van der Waals surface area contributed by atoms with Crippen LogP contribution in [0.1, 0.15) is 0 Å². The van der Waals surface area contributed by atoms with Crippen LogP contribution in [0, 0.1) is 0 Å². The number of aromatic nitrogens is 1. The second-order valence-corrected chi connectivity index (χ2v) is 14.0. The minimum atomic E-state index is 1.17. The number of fused-ring (bicyclic) bond motifs is 9. The summed E-state index contributed by atoms with van der Waals surface area (Å²) in [6, 6.07) is 60.7. The van der Waals surface area contributed by atoms with Crippen molar-refractivity contribution in [2.45, 2.75) is 0 Å². The highest BCUT2D eigenvalue weighted by Crippen LogP contribution is 2.48. The van der Waals surface area contributed by atoms with Crippen LogP contribution in [-0.4, -0.2) is 4.57 Å². The van der Waals surface area contributed by atoms with Gasteiger partial charge in [0.1, 0.15) is 0 Å². The Labute approximate surface area is 281 Å². The summed E-state index contributed by atoms with van der Waals surface area (Å²) in [7, 11) is 0. The summed E-state index contributed by atoms with van der Waals surface area (Å²) in [5.41, 5.74) is 13.9. The van der Waals surface area contributed by atoms with Gasteiger partial charge in [0.25, 0.3) is 0 Å². The average molecular weight is 626 g/mol. The van der Waals surface area contributed by atoms with Crippen LogP contribution in [0.4, 0.5) is 0 Å². The minimum Gasteiger partial charge on any atom is -0.309 e. The van der Waals surface area contributed by atoms with Gasteiger partial charge in [0.15, 0.2) is 0 Å². The molecule has 0 bridgehead atoms. The Morgan fingerprint density at radius 3 is 1.88 bits per heavy atom. The van der Waals surface area contributed by atoms with Crippen molar-refractivity contribution in [3.63, 3.8) is 0 Å². The van der Waals surface area contributed by atoms with E-state index in [0.29, 0.717) is 0 Å². The summed E-state index contributed by atoms with van der Waals surface area (Å²) in [5.74, 6) is 0. The molecule has 0 fully saturated rings. The summed E-state index contributed by atoms with van der Waals surface area (Å²) in [5, 5.41) is 7.88. The molecule has 1 nitrogen and oxygen atoms in total. The van der Waals surface area contributed by atoms with Crippen molar-refractivity contribution in [2.75, 3.05) is 0 Å². The van der Waals surface area contributed by atoms with E-state index in [1.165, 1.54) is 103 Å². The normalized spacial score (nSPS) is 12.2. The zero-order valence-electron chi connectivity index (χ0n) is 25.9. The number of thiophene rings is 1. The number of hydrogen-bond donors (Lipinski definition) is 0. The van der Waals surface area contributed by atoms with Crippen molar-refractivity contribution in [1.29, 1.82) is 0 Å². The first-order chi connectivity index (χ1) is 23.8. The van der Waals surface area contributed by atoms with Crippen LogP contribution >= 0.6 is 11.3 Å². The summed E-state index contributed by atoms with van der Waals surface area (Å²) in [4.78, 5) is 0. The first kappa shape index (κ1) is 26.1. The molecule has 11 rings (SSSR count). The van der Waals surface area contributed by atoms with Gasteiger partial charge < -0.3 is 4.57 Å². The minimum absolute atomic E-state index is 1.17. The van der Waals surface area contributed by atoms with Gasteiger partial charge in [0.2, 0.25) is 0 Å². The lowest BCUT2D eigenvalue weighted by atomic mass is 9.96. The summed E-state index contributed by atoms with van der Waals surface area (Å²) < 4.78 is 5.09. The number of hydrogen-bond acceptors (Lipinski definition) is 1. The van der Waals surface area contributed by atoms with Gasteiger partial charge in [-0.2, -0.15) is 0 Å². The quantitative estimate of drug-likeness (QED) is 0.184. The van der Waals surface area contributed by atoms with Crippen molar-refractivity contribution in [3.8, 4) is 50.2 Å². The van der Waals surface area contributed by atoms with E-state index >= 15 is 0 Å². The monoisotopic (exact) mass is 625 g/mol. The molecule has 2 heteroatoms. The van der Waals surface area contributed by atoms with E-state index in [2.05, 4.69) is 168 Å². The van der Waals surface area contributed by atoms with Crippen LogP contribution in [-0.2, 0) is 0 Å². The molecule has 10 aromatic rings. The number of benzene rings is 8. The van der Waals surface area contributed by atoms with Crippen molar-refractivity contribution >= 4 is 64.1 Å². The molecule has 48 heavy (non-hydrogen) atoms. The molecule has 0 aliphatic heterocycles. The molecule has 1 aliphatic rings. The lowest BCUT2D eigenvalue weighted by Crippen LogP contribution is -1.93. The van der Waals surface area contributed by atoms with E-state index in [1.54, 1.807) is 0 Å². The Kier molecular flexibility index (Phi) is 5.32. The fourth-order valence-electron chi connectivity index (χ4n) is 8.12. The van der Waals surface area contributed by atoms with Crippen LogP contribution in [0.3, 0.4) is 0 Å². The van der Waals surface area contributed by atoms with Gasteiger partial charge in [0.05, 0.1) is 11.0 Å². The molecular weight excluding hydrogens is 599 g/mol. The molecule has 222 valence electrons. The largest absolute Gasteiger partial charge is 0.309 e. The van der Waals surface area contributed by atoms with Crippen LogP contribution in [0.2, 0.25) is 0 Å². The van der Waals surface area contributed by atoms with Gasteiger partial charge in [-0.05, 0) is 116 Å². The Morgan fingerprint density at radius 1 is 0.354 bits per heavy atom. The van der Waals surface area contributed by atoms with Crippen molar-refractivity contribution in [3.05, 3.63) is 164 Å². The highest BCUT2D eigenvalue weighted by molar-refractivity contribution is 7.25. The van der Waals surface area contributed by atoms with Crippen LogP contribution < -0.4 is 0 Å². The molecule has 0 N–H and O–H groups in total. The second kappa shape index (κ2) is 9.78. The maximum atomic E-state index is 2.41. The van der Waals surface area contributed by atoms with E-state index < -0.39 is 0 Å². The van der Waals surface area contributed by atoms with E-state index in [-0.39, 0.29) is 0 Å². The van der Waals surface area contributed by atoms with E-state index in [4.69, 9.17) is 0 Å². The van der Waals surface area contributed by atoms with Gasteiger partial charge in [-0.25, -0.2) is 0 Å². The van der Waals surface area contributed by atoms with E-state index in [0.717, 1.165) is 0 Å². The Balaban J connectivity index is 1.03. The standard InChI is InChI=1S/C46H27NS/c1-2-10-35-34(9-1)38-13-7-8-31-24-32(27-41(35)46(31)38)28-16-20-33(21-17-28)47-42-14-5-3-11-36(42)39-25-29(18-22-43(39)47)30-19-23-45-40(26-30)37-12-4-6-15-44(37)48-45/h1-27H. The Bertz CT molecular complexity index is 2940. The fourth-order valence-corrected chi connectivity index (χ4v) is 9.21. The predicted octanol–water partition coefficient (Wildman–Crippen LogP) is 13.3. The molecule has 0 unspecified atom stereocenters. The second-order valence-electron chi connectivity index (χ2n) is 12.9. The van der Waals surface area contributed by atoms with Crippen LogP contribution in [0.15, 0.2) is 164 Å². The smallest absolute Gasteiger partial charge is 0.0541 e. The molecule has 2 heterocycles. The maximum absolute atomic E-state index is 2.41. The lowest BCUT2D eigenvalue weighted by Gasteiger charge is -2.11. The molecule has 0 spiro atoms. The zero-order chi connectivity index (χ0) is 31.3. The molecule has 2 aromatic heterocycles. The van der Waals surface area contributed by atoms with Crippen molar-refractivity contribution < 1.29 is 0 Å².